The molecule has 0 fully saturated rings. The molecule has 1 aromatic heterocycles. The van der Waals surface area contributed by atoms with Crippen LogP contribution in [0.2, 0.25) is 0 Å². The molecule has 2 N–H and O–H groups in total. The van der Waals surface area contributed by atoms with Gasteiger partial charge in [0, 0.05) is 24.4 Å². The Kier molecular flexibility index (Phi) is 7.36. The van der Waals surface area contributed by atoms with Gasteiger partial charge in [0.2, 0.25) is 11.8 Å². The van der Waals surface area contributed by atoms with E-state index in [1.165, 1.54) is 6.92 Å². The highest BCUT2D eigenvalue weighted by atomic mass is 32.1. The highest BCUT2D eigenvalue weighted by Crippen LogP contribution is 2.22. The van der Waals surface area contributed by atoms with E-state index in [2.05, 4.69) is 45.3 Å². The zero-order valence-corrected chi connectivity index (χ0v) is 18.4. The van der Waals surface area contributed by atoms with Crippen LogP contribution in [0.4, 0.5) is 0 Å². The van der Waals surface area contributed by atoms with Crippen LogP contribution in [0.1, 0.15) is 41.1 Å². The van der Waals surface area contributed by atoms with E-state index in [0.29, 0.717) is 6.54 Å². The fourth-order valence-corrected chi connectivity index (χ4v) is 3.86. The molecule has 3 aromatic rings. The average Bonchev–Trinajstić information content (AvgIpc) is 3.14. The molecule has 1 heterocycles. The molecule has 0 spiro atoms. The predicted molar refractivity (Wildman–Crippen MR) is 121 cm³/mol. The van der Waals surface area contributed by atoms with Gasteiger partial charge in [-0.2, -0.15) is 0 Å². The second-order valence-corrected chi connectivity index (χ2v) is 8.48. The molecule has 0 saturated heterocycles. The number of carbonyl (C=O) groups excluding carboxylic acids is 2. The van der Waals surface area contributed by atoms with Crippen molar-refractivity contribution in [1.82, 2.24) is 15.6 Å². The smallest absolute Gasteiger partial charge is 0.222 e. The summed E-state index contributed by atoms with van der Waals surface area (Å²) in [4.78, 5) is 28.5. The van der Waals surface area contributed by atoms with Gasteiger partial charge < -0.3 is 10.6 Å². The Morgan fingerprint density at radius 3 is 2.33 bits per heavy atom. The number of benzene rings is 2. The number of carbonyl (C=O) groups is 2. The summed E-state index contributed by atoms with van der Waals surface area (Å²) in [7, 11) is 0. The molecule has 1 unspecified atom stereocenters. The number of nitrogens with one attached hydrogen (secondary N) is 2. The molecule has 0 aliphatic heterocycles. The third-order valence-electron chi connectivity index (χ3n) is 4.85. The van der Waals surface area contributed by atoms with Crippen molar-refractivity contribution in [3.05, 3.63) is 75.6 Å². The standard InChI is InChI=1S/C24H27N3O2S/c1-16-4-8-20(9-5-16)22(26-17(2)28)14-24(29)25-13-12-19-6-10-21(11-7-19)23-15-30-18(3)27-23/h4-11,15,22H,12-14H2,1-3H3,(H,25,29)(H,26,28). The normalized spacial score (nSPS) is 11.7. The van der Waals surface area contributed by atoms with Crippen LogP contribution in [0, 0.1) is 13.8 Å². The summed E-state index contributed by atoms with van der Waals surface area (Å²) in [5.74, 6) is -0.229. The molecule has 0 aliphatic rings. The van der Waals surface area contributed by atoms with E-state index < -0.39 is 0 Å². The van der Waals surface area contributed by atoms with Gasteiger partial charge in [0.05, 0.1) is 23.2 Å². The van der Waals surface area contributed by atoms with Gasteiger partial charge in [-0.1, -0.05) is 54.1 Å². The van der Waals surface area contributed by atoms with E-state index in [9.17, 15) is 9.59 Å². The van der Waals surface area contributed by atoms with Crippen LogP contribution >= 0.6 is 11.3 Å². The lowest BCUT2D eigenvalue weighted by atomic mass is 10.0. The number of rotatable bonds is 8. The van der Waals surface area contributed by atoms with Crippen LogP contribution in [0.15, 0.2) is 53.9 Å². The van der Waals surface area contributed by atoms with Gasteiger partial charge in [-0.15, -0.1) is 11.3 Å². The minimum absolute atomic E-state index is 0.0797. The van der Waals surface area contributed by atoms with Crippen molar-refractivity contribution in [2.24, 2.45) is 0 Å². The molecule has 0 radical (unpaired) electrons. The van der Waals surface area contributed by atoms with E-state index in [1.54, 1.807) is 11.3 Å². The SMILES string of the molecule is CC(=O)NC(CC(=O)NCCc1ccc(-c2csc(C)n2)cc1)c1ccc(C)cc1. The van der Waals surface area contributed by atoms with Crippen molar-refractivity contribution in [1.29, 1.82) is 0 Å². The van der Waals surface area contributed by atoms with Crippen molar-refractivity contribution >= 4 is 23.2 Å². The number of hydrogen-bond donors (Lipinski definition) is 2. The lowest BCUT2D eigenvalue weighted by molar-refractivity contribution is -0.122. The largest absolute Gasteiger partial charge is 0.356 e. The molecular weight excluding hydrogens is 394 g/mol. The third kappa shape index (κ3) is 6.26. The topological polar surface area (TPSA) is 71.1 Å². The first kappa shape index (κ1) is 21.7. The van der Waals surface area contributed by atoms with Crippen molar-refractivity contribution in [2.75, 3.05) is 6.54 Å². The van der Waals surface area contributed by atoms with E-state index >= 15 is 0 Å². The zero-order chi connectivity index (χ0) is 21.5. The molecule has 6 heteroatoms. The summed E-state index contributed by atoms with van der Waals surface area (Å²) in [6.45, 7) is 6.03. The first-order valence-corrected chi connectivity index (χ1v) is 10.9. The molecule has 3 rings (SSSR count). The number of thiazole rings is 1. The van der Waals surface area contributed by atoms with Gasteiger partial charge in [-0.3, -0.25) is 9.59 Å². The summed E-state index contributed by atoms with van der Waals surface area (Å²) >= 11 is 1.64. The van der Waals surface area contributed by atoms with Gasteiger partial charge in [0.15, 0.2) is 0 Å². The Morgan fingerprint density at radius 1 is 1.03 bits per heavy atom. The molecule has 156 valence electrons. The number of aryl methyl sites for hydroxylation is 2. The van der Waals surface area contributed by atoms with Gasteiger partial charge in [-0.05, 0) is 31.4 Å². The molecule has 0 bridgehead atoms. The summed E-state index contributed by atoms with van der Waals surface area (Å²) in [6.07, 6.45) is 0.961. The van der Waals surface area contributed by atoms with Crippen molar-refractivity contribution in [2.45, 2.75) is 39.7 Å². The highest BCUT2D eigenvalue weighted by Gasteiger charge is 2.17. The fraction of sp³-hybridized carbons (Fsp3) is 0.292. The Labute approximate surface area is 181 Å². The van der Waals surface area contributed by atoms with E-state index in [1.807, 2.05) is 38.1 Å². The van der Waals surface area contributed by atoms with Crippen LogP contribution in [-0.2, 0) is 16.0 Å². The molecule has 2 amide bonds. The van der Waals surface area contributed by atoms with E-state index in [0.717, 1.165) is 39.4 Å². The van der Waals surface area contributed by atoms with Crippen LogP contribution in [0.5, 0.6) is 0 Å². The Bertz CT molecular complexity index is 994. The Balaban J connectivity index is 1.51. The maximum absolute atomic E-state index is 12.4. The maximum Gasteiger partial charge on any atom is 0.222 e. The minimum atomic E-state index is -0.330. The number of nitrogens with zero attached hydrogens (tertiary/aromatic N) is 1. The van der Waals surface area contributed by atoms with Gasteiger partial charge in [-0.25, -0.2) is 4.98 Å². The quantitative estimate of drug-likeness (QED) is 0.568. The zero-order valence-electron chi connectivity index (χ0n) is 17.6. The minimum Gasteiger partial charge on any atom is -0.356 e. The average molecular weight is 422 g/mol. The molecular formula is C24H27N3O2S. The fourth-order valence-electron chi connectivity index (χ4n) is 3.24. The van der Waals surface area contributed by atoms with Crippen molar-refractivity contribution in [3.8, 4) is 11.3 Å². The van der Waals surface area contributed by atoms with Gasteiger partial charge in [0.25, 0.3) is 0 Å². The van der Waals surface area contributed by atoms with Crippen LogP contribution in [-0.4, -0.2) is 23.3 Å². The monoisotopic (exact) mass is 421 g/mol. The first-order valence-electron chi connectivity index (χ1n) is 10.0. The summed E-state index contributed by atoms with van der Waals surface area (Å²) in [5.41, 5.74) is 5.32. The summed E-state index contributed by atoms with van der Waals surface area (Å²) in [5, 5.41) is 8.95. The number of aromatic nitrogens is 1. The van der Waals surface area contributed by atoms with Crippen molar-refractivity contribution < 1.29 is 9.59 Å². The number of amides is 2. The first-order chi connectivity index (χ1) is 14.4. The maximum atomic E-state index is 12.4. The Morgan fingerprint density at radius 2 is 1.73 bits per heavy atom. The Hall–Kier alpha value is -2.99. The highest BCUT2D eigenvalue weighted by molar-refractivity contribution is 7.09. The van der Waals surface area contributed by atoms with Crippen LogP contribution < -0.4 is 10.6 Å². The molecule has 5 nitrogen and oxygen atoms in total. The van der Waals surface area contributed by atoms with Crippen LogP contribution in [0.25, 0.3) is 11.3 Å². The second kappa shape index (κ2) is 10.2. The summed E-state index contributed by atoms with van der Waals surface area (Å²) in [6, 6.07) is 15.8. The van der Waals surface area contributed by atoms with Gasteiger partial charge >= 0.3 is 0 Å². The molecule has 2 aromatic carbocycles. The molecule has 30 heavy (non-hydrogen) atoms. The molecule has 1 atom stereocenters. The third-order valence-corrected chi connectivity index (χ3v) is 5.62. The van der Waals surface area contributed by atoms with Gasteiger partial charge in [0.1, 0.15) is 0 Å². The summed E-state index contributed by atoms with van der Waals surface area (Å²) < 4.78 is 0. The molecule has 0 aliphatic carbocycles. The van der Waals surface area contributed by atoms with E-state index in [-0.39, 0.29) is 24.3 Å². The predicted octanol–water partition coefficient (Wildman–Crippen LogP) is 4.35. The molecule has 0 saturated carbocycles. The van der Waals surface area contributed by atoms with Crippen molar-refractivity contribution in [3.63, 3.8) is 0 Å². The van der Waals surface area contributed by atoms with E-state index in [4.69, 9.17) is 0 Å². The second-order valence-electron chi connectivity index (χ2n) is 7.42. The lowest BCUT2D eigenvalue weighted by Gasteiger charge is -2.18. The number of hydrogen-bond acceptors (Lipinski definition) is 4. The van der Waals surface area contributed by atoms with Crippen LogP contribution in [0.3, 0.4) is 0 Å². The lowest BCUT2D eigenvalue weighted by Crippen LogP contribution is -2.33.